The van der Waals surface area contributed by atoms with Crippen LogP contribution in [0.1, 0.15) is 38.7 Å². The molecule has 1 saturated heterocycles. The molecule has 0 aromatic heterocycles. The summed E-state index contributed by atoms with van der Waals surface area (Å²) in [5, 5.41) is 0. The van der Waals surface area contributed by atoms with E-state index in [0.717, 1.165) is 29.7 Å². The lowest BCUT2D eigenvalue weighted by atomic mass is 9.78. The molecule has 1 heterocycles. The second-order valence-electron chi connectivity index (χ2n) is 5.68. The summed E-state index contributed by atoms with van der Waals surface area (Å²) in [7, 11) is 0. The van der Waals surface area contributed by atoms with Crippen molar-refractivity contribution in [3.63, 3.8) is 0 Å². The predicted octanol–water partition coefficient (Wildman–Crippen LogP) is 4.60. The summed E-state index contributed by atoms with van der Waals surface area (Å²) in [4.78, 5) is 2.36. The van der Waals surface area contributed by atoms with Crippen molar-refractivity contribution in [1.82, 2.24) is 4.90 Å². The minimum Gasteiger partial charge on any atom is -0.299 e. The average molecular weight is 314 g/mol. The first kappa shape index (κ1) is 14.0. The Balaban J connectivity index is 1.95. The third-order valence-corrected chi connectivity index (χ3v) is 4.82. The molecule has 18 heavy (non-hydrogen) atoms. The zero-order valence-electron chi connectivity index (χ0n) is 11.2. The Bertz CT molecular complexity index is 411. The lowest BCUT2D eigenvalue weighted by Crippen LogP contribution is -2.38. The van der Waals surface area contributed by atoms with Crippen LogP contribution >= 0.6 is 15.9 Å². The highest BCUT2D eigenvalue weighted by Gasteiger charge is 2.28. The maximum Gasteiger partial charge on any atom is 0.128 e. The van der Waals surface area contributed by atoms with E-state index in [0.29, 0.717) is 5.41 Å². The first-order valence-electron chi connectivity index (χ1n) is 6.69. The summed E-state index contributed by atoms with van der Waals surface area (Å²) in [6.07, 6.45) is 3.69. The monoisotopic (exact) mass is 313 g/mol. The summed E-state index contributed by atoms with van der Waals surface area (Å²) < 4.78 is 14.6. The predicted molar refractivity (Wildman–Crippen MR) is 77.0 cm³/mol. The Hall–Kier alpha value is -0.410. The summed E-state index contributed by atoms with van der Waals surface area (Å²) in [6.45, 7) is 7.53. The highest BCUT2D eigenvalue weighted by Crippen LogP contribution is 2.34. The molecular weight excluding hydrogens is 293 g/mol. The fraction of sp³-hybridized carbons (Fsp3) is 0.600. The van der Waals surface area contributed by atoms with Crippen molar-refractivity contribution in [1.29, 1.82) is 0 Å². The maximum atomic E-state index is 13.8. The molecule has 0 atom stereocenters. The van der Waals surface area contributed by atoms with Crippen LogP contribution < -0.4 is 0 Å². The van der Waals surface area contributed by atoms with Gasteiger partial charge < -0.3 is 0 Å². The molecule has 100 valence electrons. The smallest absolute Gasteiger partial charge is 0.128 e. The van der Waals surface area contributed by atoms with E-state index in [-0.39, 0.29) is 5.82 Å². The van der Waals surface area contributed by atoms with E-state index < -0.39 is 0 Å². The zero-order chi connectivity index (χ0) is 13.2. The molecule has 1 fully saturated rings. The molecule has 0 amide bonds. The van der Waals surface area contributed by atoms with Gasteiger partial charge in [0.1, 0.15) is 5.82 Å². The molecule has 1 nitrogen and oxygen atoms in total. The number of piperidine rings is 1. The number of likely N-dealkylation sites (tertiary alicyclic amines) is 1. The molecule has 3 heteroatoms. The van der Waals surface area contributed by atoms with Gasteiger partial charge in [0, 0.05) is 16.6 Å². The number of benzene rings is 1. The first-order valence-corrected chi connectivity index (χ1v) is 7.48. The molecule has 0 aliphatic carbocycles. The number of hydrogen-bond donors (Lipinski definition) is 0. The topological polar surface area (TPSA) is 3.24 Å². The van der Waals surface area contributed by atoms with E-state index in [2.05, 4.69) is 34.7 Å². The molecule has 0 unspecified atom stereocenters. The van der Waals surface area contributed by atoms with E-state index in [1.165, 1.54) is 19.3 Å². The highest BCUT2D eigenvalue weighted by atomic mass is 79.9. The van der Waals surface area contributed by atoms with E-state index >= 15 is 0 Å². The highest BCUT2D eigenvalue weighted by molar-refractivity contribution is 9.10. The zero-order valence-corrected chi connectivity index (χ0v) is 12.8. The Morgan fingerprint density at radius 2 is 2.00 bits per heavy atom. The second kappa shape index (κ2) is 5.70. The van der Waals surface area contributed by atoms with Gasteiger partial charge in [0.2, 0.25) is 0 Å². The van der Waals surface area contributed by atoms with E-state index in [1.807, 2.05) is 12.1 Å². The van der Waals surface area contributed by atoms with Crippen LogP contribution in [0.3, 0.4) is 0 Å². The van der Waals surface area contributed by atoms with Crippen LogP contribution in [0.5, 0.6) is 0 Å². The molecule has 2 rings (SSSR count). The summed E-state index contributed by atoms with van der Waals surface area (Å²) in [5.74, 6) is -0.104. The second-order valence-corrected chi connectivity index (χ2v) is 6.59. The van der Waals surface area contributed by atoms with Gasteiger partial charge in [-0.15, -0.1) is 0 Å². The van der Waals surface area contributed by atoms with E-state index in [9.17, 15) is 4.39 Å². The van der Waals surface area contributed by atoms with Gasteiger partial charge in [-0.1, -0.05) is 42.3 Å². The van der Waals surface area contributed by atoms with Gasteiger partial charge in [0.05, 0.1) is 0 Å². The fourth-order valence-corrected chi connectivity index (χ4v) is 2.83. The van der Waals surface area contributed by atoms with Crippen LogP contribution in [0.25, 0.3) is 0 Å². The third kappa shape index (κ3) is 3.33. The SMILES string of the molecule is CCC1(C)CCN(Cc2ccc(Br)cc2F)CC1. The number of nitrogens with zero attached hydrogens (tertiary/aromatic N) is 1. The van der Waals surface area contributed by atoms with E-state index in [1.54, 1.807) is 6.07 Å². The van der Waals surface area contributed by atoms with Crippen LogP contribution in [0.2, 0.25) is 0 Å². The molecule has 1 aliphatic heterocycles. The molecule has 1 aromatic carbocycles. The van der Waals surface area contributed by atoms with Crippen LogP contribution in [0, 0.1) is 11.2 Å². The molecular formula is C15H21BrFN. The van der Waals surface area contributed by atoms with Crippen LogP contribution in [-0.2, 0) is 6.54 Å². The Morgan fingerprint density at radius 3 is 2.56 bits per heavy atom. The largest absolute Gasteiger partial charge is 0.299 e. The Kier molecular flexibility index (Phi) is 4.44. The molecule has 0 spiro atoms. The van der Waals surface area contributed by atoms with Gasteiger partial charge >= 0.3 is 0 Å². The average Bonchev–Trinajstić information content (AvgIpc) is 2.36. The van der Waals surface area contributed by atoms with Crippen LogP contribution in [0.15, 0.2) is 22.7 Å². The van der Waals surface area contributed by atoms with Crippen molar-refractivity contribution >= 4 is 15.9 Å². The van der Waals surface area contributed by atoms with Gasteiger partial charge in [0.25, 0.3) is 0 Å². The molecule has 0 bridgehead atoms. The normalized spacial score (nSPS) is 20.0. The van der Waals surface area contributed by atoms with Crippen LogP contribution in [-0.4, -0.2) is 18.0 Å². The van der Waals surface area contributed by atoms with E-state index in [4.69, 9.17) is 0 Å². The summed E-state index contributed by atoms with van der Waals surface area (Å²) in [6, 6.07) is 5.35. The van der Waals surface area contributed by atoms with Gasteiger partial charge in [-0.2, -0.15) is 0 Å². The molecule has 1 aromatic rings. The lowest BCUT2D eigenvalue weighted by Gasteiger charge is -2.39. The lowest BCUT2D eigenvalue weighted by molar-refractivity contribution is 0.109. The van der Waals surface area contributed by atoms with Crippen molar-refractivity contribution in [2.75, 3.05) is 13.1 Å². The molecule has 1 aliphatic rings. The maximum absolute atomic E-state index is 13.8. The van der Waals surface area contributed by atoms with Crippen molar-refractivity contribution in [3.05, 3.63) is 34.1 Å². The summed E-state index contributed by atoms with van der Waals surface area (Å²) in [5.41, 5.74) is 1.30. The molecule has 0 radical (unpaired) electrons. The number of halogens is 2. The first-order chi connectivity index (χ1) is 8.52. The van der Waals surface area contributed by atoms with Crippen molar-refractivity contribution in [3.8, 4) is 0 Å². The van der Waals surface area contributed by atoms with Crippen molar-refractivity contribution < 1.29 is 4.39 Å². The Labute approximate surface area is 118 Å². The quantitative estimate of drug-likeness (QED) is 0.788. The van der Waals surface area contributed by atoms with Gasteiger partial charge in [0.15, 0.2) is 0 Å². The van der Waals surface area contributed by atoms with Crippen molar-refractivity contribution in [2.24, 2.45) is 5.41 Å². The minimum atomic E-state index is -0.104. The number of rotatable bonds is 3. The standard InChI is InChI=1S/C15H21BrFN/c1-3-15(2)6-8-18(9-7-15)11-12-4-5-13(16)10-14(12)17/h4-5,10H,3,6-9,11H2,1-2H3. The Morgan fingerprint density at radius 1 is 1.33 bits per heavy atom. The van der Waals surface area contributed by atoms with Gasteiger partial charge in [-0.05, 0) is 43.5 Å². The van der Waals surface area contributed by atoms with Gasteiger partial charge in [-0.3, -0.25) is 4.90 Å². The molecule has 0 saturated carbocycles. The third-order valence-electron chi connectivity index (χ3n) is 4.33. The fourth-order valence-electron chi connectivity index (χ4n) is 2.50. The van der Waals surface area contributed by atoms with Crippen molar-refractivity contribution in [2.45, 2.75) is 39.7 Å². The van der Waals surface area contributed by atoms with Gasteiger partial charge in [-0.25, -0.2) is 4.39 Å². The minimum absolute atomic E-state index is 0.104. The number of hydrogen-bond acceptors (Lipinski definition) is 1. The molecule has 0 N–H and O–H groups in total. The van der Waals surface area contributed by atoms with Crippen LogP contribution in [0.4, 0.5) is 4.39 Å². The summed E-state index contributed by atoms with van der Waals surface area (Å²) >= 11 is 3.29.